The quantitative estimate of drug-likeness (QED) is 0.107. The third-order valence-corrected chi connectivity index (χ3v) is 13.3. The van der Waals surface area contributed by atoms with Gasteiger partial charge in [-0.3, -0.25) is 0 Å². The predicted octanol–water partition coefficient (Wildman–Crippen LogP) is 15.2. The molecule has 4 nitrogen and oxygen atoms in total. The zero-order chi connectivity index (χ0) is 44.9. The molecule has 0 N–H and O–H groups in total. The summed E-state index contributed by atoms with van der Waals surface area (Å²) in [6.07, 6.45) is 2.28. The normalized spacial score (nSPS) is 15.0. The summed E-state index contributed by atoms with van der Waals surface area (Å²) in [5.41, 5.74) is 11.9. The van der Waals surface area contributed by atoms with Crippen molar-refractivity contribution in [2.45, 2.75) is 126 Å². The summed E-state index contributed by atoms with van der Waals surface area (Å²) in [4.78, 5) is 9.29. The monoisotopic (exact) mass is 852 g/mol. The molecule has 328 valence electrons. The number of aryl methyl sites for hydroxylation is 7. The van der Waals surface area contributed by atoms with Gasteiger partial charge in [0.15, 0.2) is 12.3 Å². The Morgan fingerprint density at radius 3 is 0.810 bits per heavy atom. The Morgan fingerprint density at radius 1 is 0.365 bits per heavy atom. The van der Waals surface area contributed by atoms with Gasteiger partial charge in [0.2, 0.25) is 0 Å². The molecule has 1 atom stereocenters. The Morgan fingerprint density at radius 2 is 0.587 bits per heavy atom. The maximum absolute atomic E-state index is 16.4. The molecular weight excluding hydrogens is 793 g/mol. The summed E-state index contributed by atoms with van der Waals surface area (Å²) < 4.78 is 64.9. The molecular formula is C55H60F4N4. The van der Waals surface area contributed by atoms with E-state index in [0.717, 1.165) is 45.5 Å². The smallest absolute Gasteiger partial charge is 0.151 e. The average molecular weight is 853 g/mol. The minimum Gasteiger partial charge on any atom is -0.314 e. The van der Waals surface area contributed by atoms with E-state index in [1.54, 1.807) is 0 Å². The molecule has 0 saturated carbocycles. The van der Waals surface area contributed by atoms with Gasteiger partial charge in [0.05, 0.1) is 22.7 Å². The fourth-order valence-corrected chi connectivity index (χ4v) is 9.91. The largest absolute Gasteiger partial charge is 0.314 e. The molecule has 6 aromatic carbocycles. The lowest BCUT2D eigenvalue weighted by molar-refractivity contribution is 0.543. The summed E-state index contributed by atoms with van der Waals surface area (Å²) >= 11 is 0. The first-order valence-corrected chi connectivity index (χ1v) is 23.1. The minimum absolute atomic E-state index is 0.0963. The number of para-hydroxylation sites is 4. The Bertz CT molecular complexity index is 2510. The van der Waals surface area contributed by atoms with Crippen molar-refractivity contribution in [3.63, 3.8) is 0 Å². The summed E-state index contributed by atoms with van der Waals surface area (Å²) in [7, 11) is 0. The first-order chi connectivity index (χ1) is 30.4. The number of hydrogen-bond acceptors (Lipinski definition) is 4. The SMILES string of the molecule is CCc1cc(N2c3ccccc3N(c3cc(CC)c(F)c(CC)c3)C2C2N(c3cc(CC)c(F)c(CC)c3)c3ccccc3N2c2cc(CC)c(F)c(C(C)C)c2)cc(CC)c1F. The van der Waals surface area contributed by atoms with Crippen LogP contribution in [0.5, 0.6) is 0 Å². The lowest BCUT2D eigenvalue weighted by atomic mass is 9.97. The zero-order valence-electron chi connectivity index (χ0n) is 38.2. The van der Waals surface area contributed by atoms with Crippen LogP contribution < -0.4 is 19.6 Å². The first-order valence-electron chi connectivity index (χ1n) is 23.1. The molecule has 6 aromatic rings. The van der Waals surface area contributed by atoms with Crippen LogP contribution >= 0.6 is 0 Å². The van der Waals surface area contributed by atoms with Crippen LogP contribution in [-0.4, -0.2) is 12.3 Å². The fourth-order valence-electron chi connectivity index (χ4n) is 9.91. The molecule has 1 unspecified atom stereocenters. The standard InChI is InChI=1S/C55H60F4N4/c1-10-34-25-41(26-35(11-2)50(34)56)60-46-21-17-18-22-47(46)61(42-27-36(12-3)51(57)37(13-4)28-42)54(60)55-62(43-29-38(14-5)52(58)39(15-6)30-43)48-23-19-20-24-49(48)63(55)44-31-40(16-7)53(59)45(32-44)33(8)9/h17-33,54-55H,10-16H2,1-9H3. The van der Waals surface area contributed by atoms with Crippen molar-refractivity contribution in [1.82, 2.24) is 0 Å². The molecule has 2 aliphatic heterocycles. The molecule has 2 heterocycles. The lowest BCUT2D eigenvalue weighted by Crippen LogP contribution is -2.58. The number of nitrogens with zero attached hydrogens (tertiary/aromatic N) is 4. The van der Waals surface area contributed by atoms with Crippen LogP contribution in [0.3, 0.4) is 0 Å². The van der Waals surface area contributed by atoms with Crippen LogP contribution in [0.25, 0.3) is 0 Å². The van der Waals surface area contributed by atoms with Gasteiger partial charge < -0.3 is 19.6 Å². The Labute approximate surface area is 371 Å². The highest BCUT2D eigenvalue weighted by molar-refractivity contribution is 5.94. The van der Waals surface area contributed by atoms with E-state index in [-0.39, 0.29) is 29.2 Å². The molecule has 0 fully saturated rings. The molecule has 8 heteroatoms. The Hall–Kier alpha value is -5.76. The van der Waals surface area contributed by atoms with E-state index < -0.39 is 12.3 Å². The van der Waals surface area contributed by atoms with Gasteiger partial charge in [0.1, 0.15) is 23.3 Å². The average Bonchev–Trinajstić information content (AvgIpc) is 3.82. The Balaban J connectivity index is 1.54. The second-order valence-electron chi connectivity index (χ2n) is 17.2. The minimum atomic E-state index is -0.620. The van der Waals surface area contributed by atoms with Gasteiger partial charge in [0.25, 0.3) is 0 Å². The zero-order valence-corrected chi connectivity index (χ0v) is 38.2. The molecule has 8 rings (SSSR count). The van der Waals surface area contributed by atoms with Gasteiger partial charge in [-0.2, -0.15) is 0 Å². The van der Waals surface area contributed by atoms with E-state index in [9.17, 15) is 0 Å². The third-order valence-electron chi connectivity index (χ3n) is 13.3. The van der Waals surface area contributed by atoms with Crippen LogP contribution in [0.2, 0.25) is 0 Å². The molecule has 0 spiro atoms. The second kappa shape index (κ2) is 17.8. The molecule has 0 amide bonds. The highest BCUT2D eigenvalue weighted by Gasteiger charge is 2.52. The van der Waals surface area contributed by atoms with Crippen LogP contribution in [-0.2, 0) is 44.9 Å². The van der Waals surface area contributed by atoms with Crippen molar-refractivity contribution in [3.8, 4) is 0 Å². The van der Waals surface area contributed by atoms with Crippen molar-refractivity contribution < 1.29 is 17.6 Å². The van der Waals surface area contributed by atoms with Crippen molar-refractivity contribution in [2.24, 2.45) is 0 Å². The summed E-state index contributed by atoms with van der Waals surface area (Å²) in [5.74, 6) is -0.857. The van der Waals surface area contributed by atoms with Gasteiger partial charge in [0, 0.05) is 22.7 Å². The third kappa shape index (κ3) is 7.33. The molecule has 0 bridgehead atoms. The fraction of sp³-hybridized carbons (Fsp3) is 0.345. The van der Waals surface area contributed by atoms with Gasteiger partial charge in [-0.1, -0.05) is 86.6 Å². The van der Waals surface area contributed by atoms with Crippen molar-refractivity contribution in [3.05, 3.63) is 165 Å². The summed E-state index contributed by atoms with van der Waals surface area (Å²) in [6.45, 7) is 17.9. The van der Waals surface area contributed by atoms with E-state index >= 15 is 17.6 Å². The lowest BCUT2D eigenvalue weighted by Gasteiger charge is -2.45. The number of hydrogen-bond donors (Lipinski definition) is 0. The number of benzene rings is 6. The van der Waals surface area contributed by atoms with Gasteiger partial charge in [-0.15, -0.1) is 0 Å². The van der Waals surface area contributed by atoms with E-state index in [2.05, 4.69) is 43.9 Å². The maximum atomic E-state index is 16.4. The van der Waals surface area contributed by atoms with Crippen LogP contribution in [0.1, 0.15) is 113 Å². The highest BCUT2D eigenvalue weighted by Crippen LogP contribution is 2.57. The number of rotatable bonds is 13. The van der Waals surface area contributed by atoms with Gasteiger partial charge in [-0.05, 0) is 168 Å². The van der Waals surface area contributed by atoms with Crippen molar-refractivity contribution >= 4 is 45.5 Å². The Kier molecular flexibility index (Phi) is 12.4. The van der Waals surface area contributed by atoms with E-state index in [4.69, 9.17) is 0 Å². The van der Waals surface area contributed by atoms with Crippen LogP contribution in [0.15, 0.2) is 97.1 Å². The second-order valence-corrected chi connectivity index (χ2v) is 17.2. The van der Waals surface area contributed by atoms with E-state index in [0.29, 0.717) is 89.5 Å². The summed E-state index contributed by atoms with van der Waals surface area (Å²) in [5, 5.41) is 0. The van der Waals surface area contributed by atoms with E-state index in [1.807, 2.05) is 135 Å². The van der Waals surface area contributed by atoms with Crippen molar-refractivity contribution in [2.75, 3.05) is 19.6 Å². The molecule has 63 heavy (non-hydrogen) atoms. The van der Waals surface area contributed by atoms with Gasteiger partial charge >= 0.3 is 0 Å². The molecule has 0 aromatic heterocycles. The number of halogens is 4. The van der Waals surface area contributed by atoms with Crippen molar-refractivity contribution in [1.29, 1.82) is 0 Å². The first kappa shape index (κ1) is 43.9. The topological polar surface area (TPSA) is 13.0 Å². The molecule has 0 aliphatic carbocycles. The molecule has 0 radical (unpaired) electrons. The maximum Gasteiger partial charge on any atom is 0.151 e. The number of fused-ring (bicyclic) bond motifs is 2. The summed E-state index contributed by atoms with van der Waals surface area (Å²) in [6, 6.07) is 32.4. The predicted molar refractivity (Wildman–Crippen MR) is 254 cm³/mol. The van der Waals surface area contributed by atoms with Gasteiger partial charge in [-0.25, -0.2) is 17.6 Å². The van der Waals surface area contributed by atoms with Crippen LogP contribution in [0, 0.1) is 23.3 Å². The van der Waals surface area contributed by atoms with Crippen LogP contribution in [0.4, 0.5) is 63.1 Å². The molecule has 0 saturated heterocycles. The highest BCUT2D eigenvalue weighted by atomic mass is 19.1. The number of anilines is 8. The van der Waals surface area contributed by atoms with E-state index in [1.165, 1.54) is 0 Å². The molecule has 2 aliphatic rings.